The first kappa shape index (κ1) is 23.5. The smallest absolute Gasteiger partial charge is 0.307 e. The zero-order chi connectivity index (χ0) is 22.9. The Morgan fingerprint density at radius 3 is 2.56 bits per heavy atom. The van der Waals surface area contributed by atoms with E-state index in [1.807, 2.05) is 6.07 Å². The second-order valence-corrected chi connectivity index (χ2v) is 7.25. The topological polar surface area (TPSA) is 113 Å². The molecule has 2 aromatic heterocycles. The van der Waals surface area contributed by atoms with E-state index in [-0.39, 0.29) is 24.7 Å². The van der Waals surface area contributed by atoms with E-state index in [2.05, 4.69) is 12.1 Å². The molecule has 0 spiro atoms. The van der Waals surface area contributed by atoms with Gasteiger partial charge in [-0.05, 0) is 30.1 Å². The predicted molar refractivity (Wildman–Crippen MR) is 116 cm³/mol. The summed E-state index contributed by atoms with van der Waals surface area (Å²) < 4.78 is 23.0. The number of carbonyl (C=O) groups is 2. The second-order valence-electron chi connectivity index (χ2n) is 7.25. The van der Waals surface area contributed by atoms with Crippen LogP contribution in [-0.4, -0.2) is 59.7 Å². The second kappa shape index (κ2) is 11.4. The molecule has 0 unspecified atom stereocenters. The molecule has 0 atom stereocenters. The molecule has 0 fully saturated rings. The van der Waals surface area contributed by atoms with Crippen LogP contribution in [0.4, 0.5) is 0 Å². The number of para-hydroxylation sites is 1. The number of aliphatic carboxylic acids is 1. The number of carbonyl (C=O) groups excluding carboxylic acids is 1. The van der Waals surface area contributed by atoms with Crippen LogP contribution < -0.4 is 4.74 Å². The van der Waals surface area contributed by atoms with Gasteiger partial charge >= 0.3 is 11.9 Å². The van der Waals surface area contributed by atoms with Crippen LogP contribution in [0.1, 0.15) is 41.6 Å². The minimum Gasteiger partial charge on any atom is -0.481 e. The summed E-state index contributed by atoms with van der Waals surface area (Å²) in [6, 6.07) is 8.58. The summed E-state index contributed by atoms with van der Waals surface area (Å²) in [6.07, 6.45) is 1.96. The molecule has 1 aromatic carbocycles. The van der Waals surface area contributed by atoms with Crippen LogP contribution >= 0.6 is 0 Å². The number of rotatable bonds is 13. The van der Waals surface area contributed by atoms with Crippen LogP contribution in [-0.2, 0) is 20.7 Å². The van der Waals surface area contributed by atoms with Gasteiger partial charge in [-0.2, -0.15) is 0 Å². The van der Waals surface area contributed by atoms with E-state index in [4.69, 9.17) is 18.7 Å². The summed E-state index contributed by atoms with van der Waals surface area (Å²) >= 11 is 0. The third-order valence-corrected chi connectivity index (χ3v) is 4.96. The van der Waals surface area contributed by atoms with Crippen molar-refractivity contribution >= 4 is 22.8 Å². The van der Waals surface area contributed by atoms with Crippen molar-refractivity contribution < 1.29 is 33.4 Å². The molecule has 0 aliphatic rings. The SMILES string of the molecule is CCCCOCCOCCOc1cc(C(=O)n2c(C)c(CC(=O)O)c3ccccc32)on1. The number of ether oxygens (including phenoxy) is 3. The minimum absolute atomic E-state index is 0.00373. The van der Waals surface area contributed by atoms with Crippen molar-refractivity contribution in [3.05, 3.63) is 47.3 Å². The van der Waals surface area contributed by atoms with E-state index in [1.54, 1.807) is 25.1 Å². The van der Waals surface area contributed by atoms with Gasteiger partial charge in [-0.1, -0.05) is 31.5 Å². The van der Waals surface area contributed by atoms with Crippen molar-refractivity contribution in [2.24, 2.45) is 0 Å². The Kier molecular flexibility index (Phi) is 8.41. The van der Waals surface area contributed by atoms with Gasteiger partial charge in [-0.25, -0.2) is 0 Å². The van der Waals surface area contributed by atoms with Gasteiger partial charge in [0.2, 0.25) is 5.76 Å². The number of benzene rings is 1. The van der Waals surface area contributed by atoms with E-state index < -0.39 is 11.9 Å². The average molecular weight is 444 g/mol. The molecule has 0 saturated heterocycles. The molecule has 0 bridgehead atoms. The van der Waals surface area contributed by atoms with Crippen LogP contribution in [0.3, 0.4) is 0 Å². The van der Waals surface area contributed by atoms with E-state index >= 15 is 0 Å². The van der Waals surface area contributed by atoms with Crippen molar-refractivity contribution in [1.82, 2.24) is 9.72 Å². The van der Waals surface area contributed by atoms with Crippen molar-refractivity contribution in [1.29, 1.82) is 0 Å². The molecule has 0 aliphatic heterocycles. The fourth-order valence-electron chi connectivity index (χ4n) is 3.38. The molecule has 0 aliphatic carbocycles. The quantitative estimate of drug-likeness (QED) is 0.399. The Morgan fingerprint density at radius 2 is 1.81 bits per heavy atom. The monoisotopic (exact) mass is 444 g/mol. The number of carboxylic acids is 1. The van der Waals surface area contributed by atoms with Gasteiger partial charge in [-0.3, -0.25) is 14.2 Å². The van der Waals surface area contributed by atoms with Crippen molar-refractivity contribution in [3.63, 3.8) is 0 Å². The van der Waals surface area contributed by atoms with E-state index in [9.17, 15) is 14.7 Å². The average Bonchev–Trinajstić information content (AvgIpc) is 3.35. The van der Waals surface area contributed by atoms with Crippen LogP contribution in [0.25, 0.3) is 10.9 Å². The third-order valence-electron chi connectivity index (χ3n) is 4.96. The highest BCUT2D eigenvalue weighted by Crippen LogP contribution is 2.28. The first-order chi connectivity index (χ1) is 15.5. The van der Waals surface area contributed by atoms with E-state index in [0.29, 0.717) is 42.0 Å². The number of fused-ring (bicyclic) bond motifs is 1. The Labute approximate surface area is 185 Å². The summed E-state index contributed by atoms with van der Waals surface area (Å²) in [4.78, 5) is 24.4. The number of unbranched alkanes of at least 4 members (excludes halogenated alkanes) is 1. The largest absolute Gasteiger partial charge is 0.481 e. The Hall–Kier alpha value is -3.17. The molecule has 2 heterocycles. The molecular formula is C23H28N2O7. The van der Waals surface area contributed by atoms with Crippen LogP contribution in [0.5, 0.6) is 5.88 Å². The Balaban J connectivity index is 1.60. The van der Waals surface area contributed by atoms with Gasteiger partial charge in [0, 0.05) is 17.7 Å². The number of carboxylic acid groups (broad SMARTS) is 1. The lowest BCUT2D eigenvalue weighted by molar-refractivity contribution is -0.136. The van der Waals surface area contributed by atoms with Gasteiger partial charge in [0.1, 0.15) is 6.61 Å². The third kappa shape index (κ3) is 5.74. The molecular weight excluding hydrogens is 416 g/mol. The van der Waals surface area contributed by atoms with Crippen molar-refractivity contribution in [3.8, 4) is 5.88 Å². The molecule has 3 rings (SSSR count). The maximum atomic E-state index is 13.1. The van der Waals surface area contributed by atoms with Crippen molar-refractivity contribution in [2.75, 3.05) is 33.0 Å². The van der Waals surface area contributed by atoms with Crippen LogP contribution in [0.15, 0.2) is 34.9 Å². The number of hydrogen-bond acceptors (Lipinski definition) is 7. The lowest BCUT2D eigenvalue weighted by atomic mass is 10.1. The first-order valence-electron chi connectivity index (χ1n) is 10.6. The molecule has 9 nitrogen and oxygen atoms in total. The summed E-state index contributed by atoms with van der Waals surface area (Å²) in [5.74, 6) is -1.24. The molecule has 0 saturated carbocycles. The number of hydrogen-bond donors (Lipinski definition) is 1. The van der Waals surface area contributed by atoms with Gasteiger partial charge in [-0.15, -0.1) is 0 Å². The highest BCUT2D eigenvalue weighted by atomic mass is 16.6. The number of nitrogens with zero attached hydrogens (tertiary/aromatic N) is 2. The van der Waals surface area contributed by atoms with Gasteiger partial charge < -0.3 is 23.8 Å². The van der Waals surface area contributed by atoms with Gasteiger partial charge in [0.25, 0.3) is 5.88 Å². The zero-order valence-corrected chi connectivity index (χ0v) is 18.3. The normalized spacial score (nSPS) is 11.2. The highest BCUT2D eigenvalue weighted by Gasteiger charge is 2.23. The lowest BCUT2D eigenvalue weighted by Crippen LogP contribution is -2.13. The predicted octanol–water partition coefficient (Wildman–Crippen LogP) is 3.47. The lowest BCUT2D eigenvalue weighted by Gasteiger charge is -2.05. The highest BCUT2D eigenvalue weighted by molar-refractivity contribution is 6.03. The Bertz CT molecular complexity index is 1050. The molecule has 9 heteroatoms. The fourth-order valence-corrected chi connectivity index (χ4v) is 3.38. The van der Waals surface area contributed by atoms with Gasteiger partial charge in [0.05, 0.1) is 37.8 Å². The van der Waals surface area contributed by atoms with Crippen LogP contribution in [0.2, 0.25) is 0 Å². The molecule has 32 heavy (non-hydrogen) atoms. The summed E-state index contributed by atoms with van der Waals surface area (Å²) in [5, 5.41) is 13.8. The number of aromatic nitrogens is 2. The van der Waals surface area contributed by atoms with E-state index in [1.165, 1.54) is 10.6 Å². The fraction of sp³-hybridized carbons (Fsp3) is 0.435. The maximum Gasteiger partial charge on any atom is 0.307 e. The van der Waals surface area contributed by atoms with Crippen molar-refractivity contribution in [2.45, 2.75) is 33.1 Å². The first-order valence-corrected chi connectivity index (χ1v) is 10.6. The molecule has 3 aromatic rings. The maximum absolute atomic E-state index is 13.1. The molecule has 1 N–H and O–H groups in total. The molecule has 0 radical (unpaired) electrons. The minimum atomic E-state index is -0.964. The van der Waals surface area contributed by atoms with Crippen LogP contribution in [0, 0.1) is 6.92 Å². The molecule has 0 amide bonds. The molecule has 172 valence electrons. The summed E-state index contributed by atoms with van der Waals surface area (Å²) in [6.45, 7) is 6.19. The standard InChI is InChI=1S/C23H28N2O7/c1-3-4-9-29-10-11-30-12-13-31-21-15-20(32-24-21)23(28)25-16(2)18(14-22(26)27)17-7-5-6-8-19(17)25/h5-8,15H,3-4,9-14H2,1-2H3,(H,26,27). The summed E-state index contributed by atoms with van der Waals surface area (Å²) in [5.41, 5.74) is 1.75. The van der Waals surface area contributed by atoms with E-state index in [0.717, 1.165) is 19.4 Å². The zero-order valence-electron chi connectivity index (χ0n) is 18.3. The Morgan fingerprint density at radius 1 is 1.09 bits per heavy atom. The summed E-state index contributed by atoms with van der Waals surface area (Å²) in [7, 11) is 0. The van der Waals surface area contributed by atoms with Gasteiger partial charge in [0.15, 0.2) is 0 Å².